The highest BCUT2D eigenvalue weighted by molar-refractivity contribution is 5.91. The number of allylic oxidation sites excluding steroid dienone is 1. The lowest BCUT2D eigenvalue weighted by atomic mass is 9.97. The third kappa shape index (κ3) is 9.92. The molecule has 196 valence electrons. The number of carbonyl (C=O) groups excluding carboxylic acids is 1. The lowest BCUT2D eigenvalue weighted by molar-refractivity contribution is 0.0734. The molecule has 37 heavy (non-hydrogen) atoms. The molecule has 0 spiro atoms. The number of rotatable bonds is 15. The first-order chi connectivity index (χ1) is 18.1. The summed E-state index contributed by atoms with van der Waals surface area (Å²) in [6, 6.07) is 23.4. The van der Waals surface area contributed by atoms with Crippen molar-refractivity contribution in [2.75, 3.05) is 0 Å². The van der Waals surface area contributed by atoms with Crippen molar-refractivity contribution < 1.29 is 14.3 Å². The van der Waals surface area contributed by atoms with E-state index in [1.807, 2.05) is 36.4 Å². The van der Waals surface area contributed by atoms with E-state index in [-0.39, 0.29) is 5.97 Å². The number of carbonyl (C=O) groups is 1. The Bertz CT molecular complexity index is 1080. The van der Waals surface area contributed by atoms with Crippen molar-refractivity contribution in [1.82, 2.24) is 0 Å². The summed E-state index contributed by atoms with van der Waals surface area (Å²) < 4.78 is 11.2. The second kappa shape index (κ2) is 15.7. The molecule has 0 heterocycles. The largest absolute Gasteiger partial charge is 0.465 e. The Morgan fingerprint density at radius 1 is 0.784 bits per heavy atom. The van der Waals surface area contributed by atoms with Gasteiger partial charge < -0.3 is 9.47 Å². The zero-order valence-corrected chi connectivity index (χ0v) is 22.7. The van der Waals surface area contributed by atoms with Crippen molar-refractivity contribution in [3.05, 3.63) is 96.3 Å². The van der Waals surface area contributed by atoms with Crippen molar-refractivity contribution in [1.29, 1.82) is 0 Å². The van der Waals surface area contributed by atoms with E-state index in [1.54, 1.807) is 18.4 Å². The van der Waals surface area contributed by atoms with Gasteiger partial charge >= 0.3 is 5.97 Å². The van der Waals surface area contributed by atoms with Gasteiger partial charge in [0.15, 0.2) is 0 Å². The van der Waals surface area contributed by atoms with Gasteiger partial charge in [-0.2, -0.15) is 0 Å². The molecular weight excluding hydrogens is 456 g/mol. The Hall–Kier alpha value is -3.33. The molecule has 0 amide bonds. The second-order valence-corrected chi connectivity index (χ2v) is 9.88. The third-order valence-corrected chi connectivity index (χ3v) is 6.84. The molecular formula is C34H42O3. The number of hydrogen-bond donors (Lipinski definition) is 0. The first-order valence-electron chi connectivity index (χ1n) is 13.9. The Labute approximate surface area is 223 Å². The van der Waals surface area contributed by atoms with Crippen molar-refractivity contribution in [3.63, 3.8) is 0 Å². The third-order valence-electron chi connectivity index (χ3n) is 6.84. The van der Waals surface area contributed by atoms with Crippen LogP contribution in [-0.2, 0) is 6.42 Å². The minimum absolute atomic E-state index is 0.372. The molecule has 3 rings (SSSR count). The Morgan fingerprint density at radius 3 is 2.05 bits per heavy atom. The van der Waals surface area contributed by atoms with Crippen LogP contribution in [0.5, 0.6) is 11.5 Å². The first kappa shape index (κ1) is 28.2. The smallest absolute Gasteiger partial charge is 0.343 e. The fourth-order valence-corrected chi connectivity index (χ4v) is 4.09. The van der Waals surface area contributed by atoms with Crippen LogP contribution >= 0.6 is 0 Å². The fourth-order valence-electron chi connectivity index (χ4n) is 4.09. The van der Waals surface area contributed by atoms with Gasteiger partial charge in [-0.3, -0.25) is 0 Å². The maximum Gasteiger partial charge on any atom is 0.343 e. The predicted octanol–water partition coefficient (Wildman–Crippen LogP) is 9.80. The summed E-state index contributed by atoms with van der Waals surface area (Å²) in [5.41, 5.74) is 4.12. The predicted molar refractivity (Wildman–Crippen MR) is 154 cm³/mol. The van der Waals surface area contributed by atoms with E-state index in [9.17, 15) is 4.79 Å². The van der Waals surface area contributed by atoms with Crippen LogP contribution in [0.1, 0.15) is 88.1 Å². The molecule has 0 radical (unpaired) electrons. The average Bonchev–Trinajstić information content (AvgIpc) is 2.94. The van der Waals surface area contributed by atoms with Gasteiger partial charge in [-0.25, -0.2) is 4.79 Å². The number of hydrogen-bond acceptors (Lipinski definition) is 3. The molecule has 1 atom stereocenters. The van der Waals surface area contributed by atoms with E-state index in [1.165, 1.54) is 50.5 Å². The minimum atomic E-state index is -0.372. The summed E-state index contributed by atoms with van der Waals surface area (Å²) >= 11 is 0. The maximum atomic E-state index is 12.6. The van der Waals surface area contributed by atoms with Gasteiger partial charge in [-0.05, 0) is 90.8 Å². The lowest BCUT2D eigenvalue weighted by Crippen LogP contribution is -2.08. The highest BCUT2D eigenvalue weighted by Gasteiger charge is 2.09. The normalized spacial score (nSPS) is 12.0. The molecule has 0 saturated heterocycles. The van der Waals surface area contributed by atoms with Crippen LogP contribution in [-0.4, -0.2) is 5.97 Å². The van der Waals surface area contributed by atoms with E-state index in [4.69, 9.17) is 9.47 Å². The van der Waals surface area contributed by atoms with Crippen molar-refractivity contribution >= 4 is 5.97 Å². The van der Waals surface area contributed by atoms with Crippen LogP contribution in [0.3, 0.4) is 0 Å². The minimum Gasteiger partial charge on any atom is -0.465 e. The van der Waals surface area contributed by atoms with Crippen molar-refractivity contribution in [2.45, 2.75) is 78.6 Å². The van der Waals surface area contributed by atoms with Gasteiger partial charge in [-0.1, -0.05) is 89.3 Å². The van der Waals surface area contributed by atoms with Crippen molar-refractivity contribution in [3.8, 4) is 22.6 Å². The van der Waals surface area contributed by atoms with Crippen molar-refractivity contribution in [2.24, 2.45) is 5.92 Å². The SMILES string of the molecule is CCCCCCC/C=C/Oc1ccc(OC(=O)c2ccc(-c3ccc(CC[C@@H](C)CC)cc3)cc2)cc1. The number of aryl methyl sites for hydroxylation is 1. The Morgan fingerprint density at radius 2 is 1.41 bits per heavy atom. The molecule has 0 fully saturated rings. The molecule has 0 aliphatic rings. The summed E-state index contributed by atoms with van der Waals surface area (Å²) in [5, 5.41) is 0. The highest BCUT2D eigenvalue weighted by atomic mass is 16.5. The van der Waals surface area contributed by atoms with E-state index >= 15 is 0 Å². The van der Waals surface area contributed by atoms with Gasteiger partial charge in [0, 0.05) is 0 Å². The van der Waals surface area contributed by atoms with Gasteiger partial charge in [0.2, 0.25) is 0 Å². The lowest BCUT2D eigenvalue weighted by Gasteiger charge is -2.09. The Balaban J connectivity index is 1.46. The monoisotopic (exact) mass is 498 g/mol. The molecule has 0 saturated carbocycles. The van der Waals surface area contributed by atoms with E-state index < -0.39 is 0 Å². The van der Waals surface area contributed by atoms with E-state index in [2.05, 4.69) is 51.1 Å². The van der Waals surface area contributed by atoms with Crippen LogP contribution < -0.4 is 9.47 Å². The van der Waals surface area contributed by atoms with Gasteiger partial charge in [-0.15, -0.1) is 0 Å². The highest BCUT2D eigenvalue weighted by Crippen LogP contribution is 2.23. The second-order valence-electron chi connectivity index (χ2n) is 9.88. The molecule has 3 nitrogen and oxygen atoms in total. The first-order valence-corrected chi connectivity index (χ1v) is 13.9. The molecule has 0 aliphatic heterocycles. The summed E-state index contributed by atoms with van der Waals surface area (Å²) in [6.45, 7) is 6.78. The van der Waals surface area contributed by atoms with E-state index in [0.29, 0.717) is 11.3 Å². The van der Waals surface area contributed by atoms with Gasteiger partial charge in [0.1, 0.15) is 11.5 Å². The van der Waals surface area contributed by atoms with Gasteiger partial charge in [0.05, 0.1) is 11.8 Å². The molecule has 0 aliphatic carbocycles. The van der Waals surface area contributed by atoms with Crippen LogP contribution in [0.2, 0.25) is 0 Å². The standard InChI is InChI=1S/C34H42O3/c1-4-6-7-8-9-10-11-26-36-32-22-24-33(25-23-32)37-34(35)31-20-18-30(19-21-31)29-16-14-28(15-17-29)13-12-27(3)5-2/h11,14-27H,4-10,12-13H2,1-3H3/b26-11+/t27-/m0/s1. The summed E-state index contributed by atoms with van der Waals surface area (Å²) in [5.74, 6) is 1.60. The molecule has 3 heteroatoms. The Kier molecular flexibility index (Phi) is 12.0. The zero-order chi connectivity index (χ0) is 26.3. The van der Waals surface area contributed by atoms with Crippen LogP contribution in [0.15, 0.2) is 85.1 Å². The number of benzene rings is 3. The van der Waals surface area contributed by atoms with E-state index in [0.717, 1.165) is 35.6 Å². The molecule has 3 aromatic carbocycles. The number of ether oxygens (including phenoxy) is 2. The molecule has 0 N–H and O–H groups in total. The maximum absolute atomic E-state index is 12.6. The molecule has 3 aromatic rings. The van der Waals surface area contributed by atoms with Crippen LogP contribution in [0, 0.1) is 5.92 Å². The number of esters is 1. The fraction of sp³-hybridized carbons (Fsp3) is 0.382. The molecule has 0 bridgehead atoms. The number of unbranched alkanes of at least 4 members (excludes halogenated alkanes) is 5. The summed E-state index contributed by atoms with van der Waals surface area (Å²) in [6.07, 6.45) is 14.7. The quantitative estimate of drug-likeness (QED) is 0.0905. The zero-order valence-electron chi connectivity index (χ0n) is 22.7. The molecule has 0 unspecified atom stereocenters. The summed E-state index contributed by atoms with van der Waals surface area (Å²) in [4.78, 5) is 12.6. The van der Waals surface area contributed by atoms with Crippen LogP contribution in [0.4, 0.5) is 0 Å². The topological polar surface area (TPSA) is 35.5 Å². The average molecular weight is 499 g/mol. The van der Waals surface area contributed by atoms with Gasteiger partial charge in [0.25, 0.3) is 0 Å². The molecule has 0 aromatic heterocycles. The van der Waals surface area contributed by atoms with Crippen LogP contribution in [0.25, 0.3) is 11.1 Å². The summed E-state index contributed by atoms with van der Waals surface area (Å²) in [7, 11) is 0.